The number of alkyl halides is 3. The van der Waals surface area contributed by atoms with Crippen LogP contribution in [0.3, 0.4) is 0 Å². The lowest BCUT2D eigenvalue weighted by atomic mass is 9.79. The predicted molar refractivity (Wildman–Crippen MR) is 82.2 cm³/mol. The summed E-state index contributed by atoms with van der Waals surface area (Å²) >= 11 is 0. The van der Waals surface area contributed by atoms with Gasteiger partial charge in [-0.2, -0.15) is 13.2 Å². The van der Waals surface area contributed by atoms with Crippen molar-refractivity contribution in [2.75, 3.05) is 13.1 Å². The van der Waals surface area contributed by atoms with Crippen LogP contribution in [0.5, 0.6) is 0 Å². The second-order valence-corrected chi connectivity index (χ2v) is 6.18. The standard InChI is InChI=1S/C17H17F3N2O2/c1-16(2)11-22(15(23)24)10-9-12(16)5-3-6-13-7-4-8-14(21-13)17(18,19)20/h4-5,7-8H,9-11H2,1-2H3,(H,23,24)/b12-5+. The van der Waals surface area contributed by atoms with Crippen LogP contribution in [0.2, 0.25) is 0 Å². The zero-order valence-electron chi connectivity index (χ0n) is 13.3. The van der Waals surface area contributed by atoms with Gasteiger partial charge in [-0.05, 0) is 30.6 Å². The first-order valence-corrected chi connectivity index (χ1v) is 7.33. The number of hydrogen-bond donors (Lipinski definition) is 1. The molecule has 1 saturated heterocycles. The summed E-state index contributed by atoms with van der Waals surface area (Å²) in [6, 6.07) is 3.58. The van der Waals surface area contributed by atoms with E-state index in [0.29, 0.717) is 19.5 Å². The maximum Gasteiger partial charge on any atom is 0.433 e. The van der Waals surface area contributed by atoms with Crippen LogP contribution in [0.1, 0.15) is 31.7 Å². The van der Waals surface area contributed by atoms with Crippen molar-refractivity contribution in [1.29, 1.82) is 0 Å². The number of amides is 1. The lowest BCUT2D eigenvalue weighted by molar-refractivity contribution is -0.141. The van der Waals surface area contributed by atoms with Crippen LogP contribution in [0.15, 0.2) is 29.8 Å². The summed E-state index contributed by atoms with van der Waals surface area (Å²) in [6.07, 6.45) is -3.26. The molecule has 2 rings (SSSR count). The van der Waals surface area contributed by atoms with Gasteiger partial charge in [-0.3, -0.25) is 0 Å². The van der Waals surface area contributed by atoms with Crippen LogP contribution in [0.4, 0.5) is 18.0 Å². The third-order valence-corrected chi connectivity index (χ3v) is 3.86. The van der Waals surface area contributed by atoms with Crippen molar-refractivity contribution in [1.82, 2.24) is 9.88 Å². The topological polar surface area (TPSA) is 53.4 Å². The van der Waals surface area contributed by atoms with Gasteiger partial charge in [-0.25, -0.2) is 9.78 Å². The molecule has 1 aliphatic rings. The van der Waals surface area contributed by atoms with Crippen LogP contribution in [-0.2, 0) is 6.18 Å². The highest BCUT2D eigenvalue weighted by Crippen LogP contribution is 2.34. The number of allylic oxidation sites excluding steroid dienone is 1. The zero-order chi connectivity index (χ0) is 18.0. The van der Waals surface area contributed by atoms with Gasteiger partial charge >= 0.3 is 12.3 Å². The summed E-state index contributed by atoms with van der Waals surface area (Å²) in [6.45, 7) is 4.57. The monoisotopic (exact) mass is 338 g/mol. The van der Waals surface area contributed by atoms with Crippen LogP contribution < -0.4 is 0 Å². The lowest BCUT2D eigenvalue weighted by Crippen LogP contribution is -2.44. The largest absolute Gasteiger partial charge is 0.465 e. The molecular formula is C17H17F3N2O2. The highest BCUT2D eigenvalue weighted by Gasteiger charge is 2.33. The first-order valence-electron chi connectivity index (χ1n) is 7.33. The Morgan fingerprint density at radius 2 is 2.12 bits per heavy atom. The summed E-state index contributed by atoms with van der Waals surface area (Å²) in [5.41, 5.74) is -0.328. The molecule has 0 bridgehead atoms. The third kappa shape index (κ3) is 4.28. The summed E-state index contributed by atoms with van der Waals surface area (Å²) in [4.78, 5) is 15.9. The van der Waals surface area contributed by atoms with Gasteiger partial charge in [-0.1, -0.05) is 31.4 Å². The van der Waals surface area contributed by atoms with Gasteiger partial charge in [-0.15, -0.1) is 0 Å². The lowest BCUT2D eigenvalue weighted by Gasteiger charge is -2.38. The van der Waals surface area contributed by atoms with Crippen molar-refractivity contribution in [3.8, 4) is 11.8 Å². The highest BCUT2D eigenvalue weighted by molar-refractivity contribution is 5.65. The number of pyridine rings is 1. The fourth-order valence-electron chi connectivity index (χ4n) is 2.54. The van der Waals surface area contributed by atoms with Crippen molar-refractivity contribution in [2.24, 2.45) is 5.41 Å². The molecule has 2 heterocycles. The Kier molecular flexibility index (Phi) is 4.88. The minimum Gasteiger partial charge on any atom is -0.465 e. The Labute approximate surface area is 138 Å². The molecule has 7 heteroatoms. The smallest absolute Gasteiger partial charge is 0.433 e. The van der Waals surface area contributed by atoms with Crippen molar-refractivity contribution < 1.29 is 23.1 Å². The van der Waals surface area contributed by atoms with Crippen LogP contribution in [0.25, 0.3) is 0 Å². The number of hydrogen-bond acceptors (Lipinski definition) is 2. The average Bonchev–Trinajstić information content (AvgIpc) is 2.47. The SMILES string of the molecule is CC1(C)CN(C(=O)O)CC/C1=C\C#Cc1cccc(C(F)(F)F)n1. The van der Waals surface area contributed by atoms with Gasteiger partial charge in [0.15, 0.2) is 0 Å². The average molecular weight is 338 g/mol. The Morgan fingerprint density at radius 1 is 1.42 bits per heavy atom. The molecule has 0 saturated carbocycles. The molecule has 1 aliphatic heterocycles. The molecule has 1 N–H and O–H groups in total. The quantitative estimate of drug-likeness (QED) is 0.732. The zero-order valence-corrected chi connectivity index (χ0v) is 13.3. The Hall–Kier alpha value is -2.49. The van der Waals surface area contributed by atoms with E-state index < -0.39 is 18.0 Å². The van der Waals surface area contributed by atoms with E-state index in [1.165, 1.54) is 17.0 Å². The normalized spacial score (nSPS) is 18.9. The van der Waals surface area contributed by atoms with Crippen molar-refractivity contribution in [3.05, 3.63) is 41.2 Å². The van der Waals surface area contributed by atoms with Gasteiger partial charge in [0, 0.05) is 18.5 Å². The van der Waals surface area contributed by atoms with Gasteiger partial charge in [0.05, 0.1) is 0 Å². The van der Waals surface area contributed by atoms with Crippen molar-refractivity contribution in [3.63, 3.8) is 0 Å². The molecule has 24 heavy (non-hydrogen) atoms. The number of rotatable bonds is 0. The number of likely N-dealkylation sites (tertiary alicyclic amines) is 1. The maximum absolute atomic E-state index is 12.6. The molecule has 0 aliphatic carbocycles. The van der Waals surface area contributed by atoms with E-state index in [0.717, 1.165) is 11.6 Å². The van der Waals surface area contributed by atoms with E-state index in [9.17, 15) is 18.0 Å². The van der Waals surface area contributed by atoms with Crippen molar-refractivity contribution in [2.45, 2.75) is 26.4 Å². The van der Waals surface area contributed by atoms with Gasteiger partial charge in [0.25, 0.3) is 0 Å². The van der Waals surface area contributed by atoms with Gasteiger partial charge < -0.3 is 10.0 Å². The van der Waals surface area contributed by atoms with Crippen molar-refractivity contribution >= 4 is 6.09 Å². The fourth-order valence-corrected chi connectivity index (χ4v) is 2.54. The summed E-state index contributed by atoms with van der Waals surface area (Å²) in [7, 11) is 0. The predicted octanol–water partition coefficient (Wildman–Crippen LogP) is 3.79. The van der Waals surface area contributed by atoms with E-state index >= 15 is 0 Å². The van der Waals surface area contributed by atoms with Crippen LogP contribution in [0, 0.1) is 17.3 Å². The number of halogens is 3. The molecular weight excluding hydrogens is 321 g/mol. The van der Waals surface area contributed by atoms with E-state index in [1.807, 2.05) is 13.8 Å². The summed E-state index contributed by atoms with van der Waals surface area (Å²) in [5, 5.41) is 9.05. The second-order valence-electron chi connectivity index (χ2n) is 6.18. The third-order valence-electron chi connectivity index (χ3n) is 3.86. The number of nitrogens with zero attached hydrogens (tertiary/aromatic N) is 2. The first-order chi connectivity index (χ1) is 11.1. The molecule has 0 spiro atoms. The number of aromatic nitrogens is 1. The Balaban J connectivity index is 2.18. The van der Waals surface area contributed by atoms with E-state index in [1.54, 1.807) is 6.08 Å². The molecule has 4 nitrogen and oxygen atoms in total. The minimum absolute atomic E-state index is 0.0439. The molecule has 0 aromatic carbocycles. The minimum atomic E-state index is -4.50. The molecule has 0 unspecified atom stereocenters. The Bertz CT molecular complexity index is 727. The highest BCUT2D eigenvalue weighted by atomic mass is 19.4. The second kappa shape index (κ2) is 6.56. The fraction of sp³-hybridized carbons (Fsp3) is 0.412. The summed E-state index contributed by atoms with van der Waals surface area (Å²) in [5.74, 6) is 5.35. The van der Waals surface area contributed by atoms with Crippen LogP contribution in [-0.4, -0.2) is 34.2 Å². The van der Waals surface area contributed by atoms with E-state index in [-0.39, 0.29) is 11.1 Å². The molecule has 1 aromatic rings. The molecule has 1 fully saturated rings. The van der Waals surface area contributed by atoms with E-state index in [4.69, 9.17) is 5.11 Å². The van der Waals surface area contributed by atoms with Gasteiger partial charge in [0.1, 0.15) is 11.4 Å². The van der Waals surface area contributed by atoms with E-state index in [2.05, 4.69) is 16.8 Å². The van der Waals surface area contributed by atoms with Gasteiger partial charge in [0.2, 0.25) is 0 Å². The first kappa shape index (κ1) is 17.9. The molecule has 1 aromatic heterocycles. The number of piperidine rings is 1. The number of carboxylic acid groups (broad SMARTS) is 1. The molecule has 0 radical (unpaired) electrons. The molecule has 0 atom stereocenters. The molecule has 128 valence electrons. The molecule has 1 amide bonds. The van der Waals surface area contributed by atoms with Crippen LogP contribution >= 0.6 is 0 Å². The summed E-state index contributed by atoms with van der Waals surface area (Å²) < 4.78 is 37.8. The Morgan fingerprint density at radius 3 is 2.71 bits per heavy atom. The maximum atomic E-state index is 12.6. The number of carbonyl (C=O) groups is 1.